The van der Waals surface area contributed by atoms with Crippen molar-refractivity contribution in [2.45, 2.75) is 26.7 Å². The van der Waals surface area contributed by atoms with E-state index in [1.165, 1.54) is 11.8 Å². The third-order valence-electron chi connectivity index (χ3n) is 2.78. The number of amidine groups is 1. The van der Waals surface area contributed by atoms with Gasteiger partial charge in [-0.1, -0.05) is 11.8 Å². The zero-order valence-electron chi connectivity index (χ0n) is 9.56. The Bertz CT molecular complexity index is 491. The molecule has 1 amide bonds. The molecule has 1 N–H and O–H groups in total. The Labute approximate surface area is 103 Å². The molecule has 0 saturated carbocycles. The van der Waals surface area contributed by atoms with E-state index >= 15 is 0 Å². The molecule has 0 spiro atoms. The number of fused-ring (bicyclic) bond motifs is 1. The summed E-state index contributed by atoms with van der Waals surface area (Å²) in [6.45, 7) is 3.86. The van der Waals surface area contributed by atoms with Crippen LogP contribution in [-0.4, -0.2) is 27.9 Å². The number of carbonyl (C=O) groups excluding carboxylic acids is 1. The molecule has 1 atom stereocenters. The third kappa shape index (κ3) is 2.31. The fourth-order valence-electron chi connectivity index (χ4n) is 1.74. The molecule has 0 saturated heterocycles. The first-order chi connectivity index (χ1) is 7.99. The van der Waals surface area contributed by atoms with E-state index in [2.05, 4.69) is 9.98 Å². The van der Waals surface area contributed by atoms with E-state index in [-0.39, 0.29) is 24.7 Å². The first-order valence-corrected chi connectivity index (χ1v) is 6.07. The Morgan fingerprint density at radius 1 is 1.41 bits per heavy atom. The molecule has 2 aliphatic heterocycles. The highest BCUT2D eigenvalue weighted by atomic mass is 32.2. The van der Waals surface area contributed by atoms with Crippen LogP contribution in [0.2, 0.25) is 0 Å². The number of aliphatic carboxylic acids is 1. The van der Waals surface area contributed by atoms with E-state index in [0.29, 0.717) is 5.84 Å². The molecule has 2 rings (SSSR count). The zero-order chi connectivity index (χ0) is 12.6. The molecule has 0 aromatic heterocycles. The van der Waals surface area contributed by atoms with Gasteiger partial charge in [0.1, 0.15) is 11.8 Å². The zero-order valence-corrected chi connectivity index (χ0v) is 10.4. The highest BCUT2D eigenvalue weighted by Crippen LogP contribution is 2.40. The molecule has 0 aromatic carbocycles. The average molecular weight is 252 g/mol. The summed E-state index contributed by atoms with van der Waals surface area (Å²) in [4.78, 5) is 31.5. The standard InChI is InChI=1S/C11H12N2O3S/c1-5-6(2)17-11-9(5)10(16)12-7(13-11)3-4-8(14)15/h9H,3-4H2,1-2H3,(H,14,15). The lowest BCUT2D eigenvalue weighted by Crippen LogP contribution is -2.25. The second-order valence-corrected chi connectivity index (χ2v) is 5.22. The molecule has 5 nitrogen and oxygen atoms in total. The molecule has 2 heterocycles. The van der Waals surface area contributed by atoms with Gasteiger partial charge in [0.25, 0.3) is 5.91 Å². The van der Waals surface area contributed by atoms with Crippen molar-refractivity contribution in [3.8, 4) is 0 Å². The van der Waals surface area contributed by atoms with Gasteiger partial charge >= 0.3 is 5.97 Å². The molecular weight excluding hydrogens is 240 g/mol. The maximum atomic E-state index is 11.8. The van der Waals surface area contributed by atoms with E-state index in [1.807, 2.05) is 13.8 Å². The van der Waals surface area contributed by atoms with Crippen LogP contribution in [0.4, 0.5) is 0 Å². The predicted octanol–water partition coefficient (Wildman–Crippen LogP) is 1.85. The number of hydrogen-bond donors (Lipinski definition) is 1. The Hall–Kier alpha value is -1.43. The Morgan fingerprint density at radius 3 is 2.76 bits per heavy atom. The van der Waals surface area contributed by atoms with Gasteiger partial charge in [0.15, 0.2) is 0 Å². The first kappa shape index (κ1) is 12.0. The van der Waals surface area contributed by atoms with E-state index < -0.39 is 5.97 Å². The number of nitrogens with zero attached hydrogens (tertiary/aromatic N) is 2. The van der Waals surface area contributed by atoms with Gasteiger partial charge in [-0.2, -0.15) is 4.99 Å². The number of carboxylic acid groups (broad SMARTS) is 1. The smallest absolute Gasteiger partial charge is 0.303 e. The summed E-state index contributed by atoms with van der Waals surface area (Å²) < 4.78 is 0. The summed E-state index contributed by atoms with van der Waals surface area (Å²) in [5.41, 5.74) is 1.000. The van der Waals surface area contributed by atoms with Crippen LogP contribution in [0.15, 0.2) is 20.5 Å². The van der Waals surface area contributed by atoms with Crippen molar-refractivity contribution in [1.82, 2.24) is 0 Å². The molecule has 0 radical (unpaired) electrons. The van der Waals surface area contributed by atoms with Crippen molar-refractivity contribution in [1.29, 1.82) is 0 Å². The van der Waals surface area contributed by atoms with Crippen LogP contribution in [0, 0.1) is 5.92 Å². The van der Waals surface area contributed by atoms with Gasteiger partial charge in [0, 0.05) is 6.42 Å². The minimum atomic E-state index is -0.910. The number of aliphatic imine (C=N–C) groups is 2. The Morgan fingerprint density at radius 2 is 2.12 bits per heavy atom. The lowest BCUT2D eigenvalue weighted by Gasteiger charge is -2.14. The van der Waals surface area contributed by atoms with Crippen LogP contribution in [0.25, 0.3) is 0 Å². The second kappa shape index (κ2) is 4.44. The van der Waals surface area contributed by atoms with E-state index in [4.69, 9.17) is 5.11 Å². The topological polar surface area (TPSA) is 79.1 Å². The van der Waals surface area contributed by atoms with E-state index in [9.17, 15) is 9.59 Å². The summed E-state index contributed by atoms with van der Waals surface area (Å²) in [6, 6.07) is 0. The fourth-order valence-corrected chi connectivity index (χ4v) is 2.88. The monoisotopic (exact) mass is 252 g/mol. The minimum Gasteiger partial charge on any atom is -0.481 e. The van der Waals surface area contributed by atoms with Gasteiger partial charge in [0.2, 0.25) is 0 Å². The van der Waals surface area contributed by atoms with Crippen molar-refractivity contribution in [2.75, 3.05) is 0 Å². The molecule has 2 aliphatic rings. The number of rotatable bonds is 3. The fraction of sp³-hybridized carbons (Fsp3) is 0.455. The summed E-state index contributed by atoms with van der Waals surface area (Å²) in [7, 11) is 0. The van der Waals surface area contributed by atoms with Crippen molar-refractivity contribution in [3.05, 3.63) is 10.5 Å². The van der Waals surface area contributed by atoms with Crippen LogP contribution in [0.3, 0.4) is 0 Å². The number of thioether (sulfide) groups is 1. The van der Waals surface area contributed by atoms with E-state index in [1.54, 1.807) is 0 Å². The molecular formula is C11H12N2O3S. The summed E-state index contributed by atoms with van der Waals surface area (Å²) in [6.07, 6.45) is 0.152. The van der Waals surface area contributed by atoms with Crippen LogP contribution in [0.5, 0.6) is 0 Å². The van der Waals surface area contributed by atoms with Crippen molar-refractivity contribution >= 4 is 34.5 Å². The highest BCUT2D eigenvalue weighted by molar-refractivity contribution is 8.17. The number of carboxylic acids is 1. The molecule has 0 aliphatic carbocycles. The summed E-state index contributed by atoms with van der Waals surface area (Å²) >= 11 is 1.48. The minimum absolute atomic E-state index is 0.0520. The predicted molar refractivity (Wildman–Crippen MR) is 66.2 cm³/mol. The van der Waals surface area contributed by atoms with Crippen LogP contribution < -0.4 is 0 Å². The largest absolute Gasteiger partial charge is 0.481 e. The lowest BCUT2D eigenvalue weighted by molar-refractivity contribution is -0.136. The van der Waals surface area contributed by atoms with Gasteiger partial charge in [-0.05, 0) is 24.3 Å². The molecule has 0 bridgehead atoms. The average Bonchev–Trinajstić information content (AvgIpc) is 2.52. The normalized spacial score (nSPS) is 23.4. The van der Waals surface area contributed by atoms with E-state index in [0.717, 1.165) is 15.5 Å². The molecule has 1 unspecified atom stereocenters. The molecule has 0 fully saturated rings. The van der Waals surface area contributed by atoms with Gasteiger partial charge in [0.05, 0.1) is 11.5 Å². The highest BCUT2D eigenvalue weighted by Gasteiger charge is 2.36. The summed E-state index contributed by atoms with van der Waals surface area (Å²) in [5, 5.41) is 9.32. The lowest BCUT2D eigenvalue weighted by atomic mass is 10.00. The Balaban J connectivity index is 2.17. The SMILES string of the molecule is CC1=C(C)C2C(=O)N=C(CCC(=O)O)N=C2S1. The number of amides is 1. The van der Waals surface area contributed by atoms with Crippen molar-refractivity contribution in [2.24, 2.45) is 15.9 Å². The number of allylic oxidation sites excluding steroid dienone is 1. The van der Waals surface area contributed by atoms with Crippen LogP contribution in [-0.2, 0) is 9.59 Å². The third-order valence-corrected chi connectivity index (χ3v) is 3.95. The van der Waals surface area contributed by atoms with Crippen molar-refractivity contribution in [3.63, 3.8) is 0 Å². The van der Waals surface area contributed by atoms with Gasteiger partial charge in [-0.15, -0.1) is 0 Å². The summed E-state index contributed by atoms with van der Waals surface area (Å²) in [5.74, 6) is -1.13. The number of carbonyl (C=O) groups is 2. The molecule has 6 heteroatoms. The quantitative estimate of drug-likeness (QED) is 0.831. The Kier molecular flexibility index (Phi) is 3.15. The van der Waals surface area contributed by atoms with Gasteiger partial charge in [-0.3, -0.25) is 9.59 Å². The molecule has 17 heavy (non-hydrogen) atoms. The van der Waals surface area contributed by atoms with Crippen molar-refractivity contribution < 1.29 is 14.7 Å². The molecule has 90 valence electrons. The second-order valence-electron chi connectivity index (χ2n) is 3.98. The van der Waals surface area contributed by atoms with Crippen LogP contribution >= 0.6 is 11.8 Å². The van der Waals surface area contributed by atoms with Crippen LogP contribution in [0.1, 0.15) is 26.7 Å². The maximum Gasteiger partial charge on any atom is 0.303 e. The number of hydrogen-bond acceptors (Lipinski definition) is 4. The maximum absolute atomic E-state index is 11.8. The van der Waals surface area contributed by atoms with Gasteiger partial charge in [-0.25, -0.2) is 4.99 Å². The molecule has 0 aromatic rings. The first-order valence-electron chi connectivity index (χ1n) is 5.26. The van der Waals surface area contributed by atoms with Gasteiger partial charge < -0.3 is 5.11 Å².